The van der Waals surface area contributed by atoms with E-state index in [0.717, 1.165) is 22.0 Å². The number of amides is 3. The number of benzene rings is 3. The number of phenols is 1. The standard InChI is InChI=1S/C35H41N5O6/c1-21(2)16-29(33(43)40-31(35(45)46)18-23-12-14-25(41)15-13-23)39-34(44)30(17-22-8-4-3-5-9-22)38-32(42)27(36)19-24-20-37-28-11-7-6-10-26(24)28/h3-15,20-21,27,29-31,37,41H,16-19,36H2,1-2H3,(H,38,42)(H,39,44)(H,40,43)(H,45,46). The van der Waals surface area contributed by atoms with Crippen LogP contribution in [-0.2, 0) is 38.4 Å². The predicted molar refractivity (Wildman–Crippen MR) is 175 cm³/mol. The first-order chi connectivity index (χ1) is 22.0. The summed E-state index contributed by atoms with van der Waals surface area (Å²) in [6, 6.07) is 18.5. The number of H-pyrrole nitrogens is 1. The molecule has 8 N–H and O–H groups in total. The van der Waals surface area contributed by atoms with Gasteiger partial charge in [0.25, 0.3) is 0 Å². The third-order valence-corrected chi connectivity index (χ3v) is 7.70. The molecule has 4 atom stereocenters. The lowest BCUT2D eigenvalue weighted by Gasteiger charge is -2.26. The highest BCUT2D eigenvalue weighted by Crippen LogP contribution is 2.19. The lowest BCUT2D eigenvalue weighted by molar-refractivity contribution is -0.142. The van der Waals surface area contributed by atoms with Crippen LogP contribution >= 0.6 is 0 Å². The summed E-state index contributed by atoms with van der Waals surface area (Å²) in [5.41, 5.74) is 9.51. The van der Waals surface area contributed by atoms with Crippen LogP contribution in [0.4, 0.5) is 0 Å². The first kappa shape index (κ1) is 33.7. The molecule has 0 fully saturated rings. The summed E-state index contributed by atoms with van der Waals surface area (Å²) in [5.74, 6) is -3.00. The minimum Gasteiger partial charge on any atom is -0.508 e. The second-order valence-electron chi connectivity index (χ2n) is 11.9. The Kier molecular flexibility index (Phi) is 11.5. The monoisotopic (exact) mass is 627 g/mol. The van der Waals surface area contributed by atoms with Crippen molar-refractivity contribution in [3.05, 3.63) is 102 Å². The lowest BCUT2D eigenvalue weighted by Crippen LogP contribution is -2.58. The van der Waals surface area contributed by atoms with Crippen molar-refractivity contribution in [2.24, 2.45) is 11.7 Å². The molecule has 11 heteroatoms. The van der Waals surface area contributed by atoms with Crippen molar-refractivity contribution in [2.75, 3.05) is 0 Å². The molecular formula is C35H41N5O6. The summed E-state index contributed by atoms with van der Waals surface area (Å²) in [5, 5.41) is 28.4. The van der Waals surface area contributed by atoms with Crippen LogP contribution in [0.3, 0.4) is 0 Å². The summed E-state index contributed by atoms with van der Waals surface area (Å²) in [4.78, 5) is 55.7. The molecule has 46 heavy (non-hydrogen) atoms. The Hall–Kier alpha value is -5.16. The molecule has 4 aromatic rings. The Morgan fingerprint density at radius 3 is 1.96 bits per heavy atom. The number of aromatic hydroxyl groups is 1. The van der Waals surface area contributed by atoms with Gasteiger partial charge in [0.05, 0.1) is 6.04 Å². The van der Waals surface area contributed by atoms with Crippen LogP contribution in [0.5, 0.6) is 5.75 Å². The van der Waals surface area contributed by atoms with E-state index in [9.17, 15) is 29.4 Å². The number of para-hydroxylation sites is 1. The zero-order valence-corrected chi connectivity index (χ0v) is 25.9. The number of aliphatic carboxylic acids is 1. The van der Waals surface area contributed by atoms with Gasteiger partial charge in [-0.3, -0.25) is 14.4 Å². The van der Waals surface area contributed by atoms with Gasteiger partial charge < -0.3 is 36.9 Å². The van der Waals surface area contributed by atoms with Crippen LogP contribution in [0.1, 0.15) is 37.0 Å². The fraction of sp³-hybridized carbons (Fsp3) is 0.314. The number of fused-ring (bicyclic) bond motifs is 1. The molecule has 0 bridgehead atoms. The van der Waals surface area contributed by atoms with Crippen molar-refractivity contribution in [3.63, 3.8) is 0 Å². The van der Waals surface area contributed by atoms with Gasteiger partial charge in [0.2, 0.25) is 17.7 Å². The van der Waals surface area contributed by atoms with Crippen LogP contribution in [0.15, 0.2) is 85.1 Å². The molecular weight excluding hydrogens is 586 g/mol. The van der Waals surface area contributed by atoms with Crippen LogP contribution in [-0.4, -0.2) is 63.1 Å². The Morgan fingerprint density at radius 1 is 0.717 bits per heavy atom. The Labute approximate surface area is 267 Å². The summed E-state index contributed by atoms with van der Waals surface area (Å²) in [6.45, 7) is 3.76. The number of carbonyl (C=O) groups excluding carboxylic acids is 3. The molecule has 0 aliphatic heterocycles. The molecule has 0 saturated carbocycles. The molecule has 4 rings (SSSR count). The maximum atomic E-state index is 13.7. The van der Waals surface area contributed by atoms with Crippen LogP contribution in [0.25, 0.3) is 10.9 Å². The number of aromatic amines is 1. The Balaban J connectivity index is 1.49. The SMILES string of the molecule is CC(C)CC(NC(=O)C(Cc1ccccc1)NC(=O)C(N)Cc1c[nH]c2ccccc12)C(=O)NC(Cc1ccc(O)cc1)C(=O)O. The predicted octanol–water partition coefficient (Wildman–Crippen LogP) is 2.81. The largest absolute Gasteiger partial charge is 0.508 e. The number of carboxylic acid groups (broad SMARTS) is 1. The summed E-state index contributed by atoms with van der Waals surface area (Å²) >= 11 is 0. The number of carbonyl (C=O) groups is 4. The maximum absolute atomic E-state index is 13.7. The molecule has 1 aromatic heterocycles. The minimum absolute atomic E-state index is 0.0231. The van der Waals surface area contributed by atoms with Gasteiger partial charge in [-0.05, 0) is 53.6 Å². The van der Waals surface area contributed by atoms with E-state index in [1.807, 2.05) is 74.6 Å². The fourth-order valence-corrected chi connectivity index (χ4v) is 5.28. The van der Waals surface area contributed by atoms with Crippen molar-refractivity contribution >= 4 is 34.6 Å². The Morgan fingerprint density at radius 2 is 1.28 bits per heavy atom. The third-order valence-electron chi connectivity index (χ3n) is 7.70. The molecule has 11 nitrogen and oxygen atoms in total. The fourth-order valence-electron chi connectivity index (χ4n) is 5.28. The number of aromatic nitrogens is 1. The van der Waals surface area contributed by atoms with Crippen molar-refractivity contribution < 1.29 is 29.4 Å². The number of hydrogen-bond donors (Lipinski definition) is 7. The number of phenolic OH excluding ortho intramolecular Hbond substituents is 1. The van der Waals surface area contributed by atoms with Gasteiger partial charge >= 0.3 is 5.97 Å². The smallest absolute Gasteiger partial charge is 0.326 e. The summed E-state index contributed by atoms with van der Waals surface area (Å²) in [6.07, 6.45) is 2.41. The van der Waals surface area contributed by atoms with Crippen LogP contribution in [0, 0.1) is 5.92 Å². The highest BCUT2D eigenvalue weighted by atomic mass is 16.4. The topological polar surface area (TPSA) is 187 Å². The van der Waals surface area contributed by atoms with Crippen molar-refractivity contribution in [1.82, 2.24) is 20.9 Å². The molecule has 3 amide bonds. The molecule has 0 radical (unpaired) electrons. The first-order valence-corrected chi connectivity index (χ1v) is 15.3. The first-order valence-electron chi connectivity index (χ1n) is 15.3. The van der Waals surface area contributed by atoms with Gasteiger partial charge in [-0.1, -0.05) is 74.5 Å². The second kappa shape index (κ2) is 15.7. The van der Waals surface area contributed by atoms with Crippen LogP contribution in [0.2, 0.25) is 0 Å². The normalized spacial score (nSPS) is 13.8. The van der Waals surface area contributed by atoms with Crippen molar-refractivity contribution in [1.29, 1.82) is 0 Å². The molecule has 4 unspecified atom stereocenters. The van der Waals surface area contributed by atoms with E-state index < -0.39 is 47.9 Å². The van der Waals surface area contributed by atoms with Gasteiger partial charge in [0.15, 0.2) is 0 Å². The van der Waals surface area contributed by atoms with E-state index in [4.69, 9.17) is 5.73 Å². The van der Waals surface area contributed by atoms with Crippen molar-refractivity contribution in [2.45, 2.75) is 63.7 Å². The Bertz CT molecular complexity index is 1640. The van der Waals surface area contributed by atoms with Gasteiger partial charge in [-0.25, -0.2) is 4.79 Å². The van der Waals surface area contributed by atoms with Crippen LogP contribution < -0.4 is 21.7 Å². The zero-order valence-electron chi connectivity index (χ0n) is 25.9. The molecule has 242 valence electrons. The zero-order chi connectivity index (χ0) is 33.2. The lowest BCUT2D eigenvalue weighted by atomic mass is 9.99. The number of nitrogens with two attached hydrogens (primary N) is 1. The second-order valence-corrected chi connectivity index (χ2v) is 11.9. The molecule has 1 heterocycles. The molecule has 0 aliphatic rings. The third kappa shape index (κ3) is 9.42. The van der Waals surface area contributed by atoms with E-state index in [0.29, 0.717) is 5.56 Å². The molecule has 0 saturated heterocycles. The average molecular weight is 628 g/mol. The van der Waals surface area contributed by atoms with Crippen molar-refractivity contribution in [3.8, 4) is 5.75 Å². The summed E-state index contributed by atoms with van der Waals surface area (Å²) in [7, 11) is 0. The highest BCUT2D eigenvalue weighted by molar-refractivity contribution is 5.94. The van der Waals surface area contributed by atoms with E-state index in [2.05, 4.69) is 20.9 Å². The number of hydrogen-bond acceptors (Lipinski definition) is 6. The minimum atomic E-state index is -1.27. The summed E-state index contributed by atoms with van der Waals surface area (Å²) < 4.78 is 0. The van der Waals surface area contributed by atoms with Gasteiger partial charge in [0.1, 0.15) is 23.9 Å². The van der Waals surface area contributed by atoms with E-state index >= 15 is 0 Å². The van der Waals surface area contributed by atoms with Gasteiger partial charge in [-0.15, -0.1) is 0 Å². The molecule has 0 spiro atoms. The molecule has 0 aliphatic carbocycles. The number of rotatable bonds is 15. The van der Waals surface area contributed by atoms with Gasteiger partial charge in [-0.2, -0.15) is 0 Å². The van der Waals surface area contributed by atoms with Gasteiger partial charge in [0, 0.05) is 29.9 Å². The van der Waals surface area contributed by atoms with E-state index in [-0.39, 0.29) is 37.4 Å². The van der Waals surface area contributed by atoms with E-state index in [1.54, 1.807) is 12.1 Å². The molecule has 3 aromatic carbocycles. The number of nitrogens with one attached hydrogen (secondary N) is 4. The quantitative estimate of drug-likeness (QED) is 0.106. The maximum Gasteiger partial charge on any atom is 0.326 e. The highest BCUT2D eigenvalue weighted by Gasteiger charge is 2.31. The number of carboxylic acids is 1. The van der Waals surface area contributed by atoms with E-state index in [1.165, 1.54) is 12.1 Å². The average Bonchev–Trinajstić information content (AvgIpc) is 3.43.